The van der Waals surface area contributed by atoms with E-state index in [1.54, 1.807) is 0 Å². The molecule has 1 aromatic rings. The Balaban J connectivity index is 1.94. The molecule has 1 atom stereocenters. The molecule has 24 heavy (non-hydrogen) atoms. The van der Waals surface area contributed by atoms with Crippen molar-refractivity contribution >= 4 is 15.8 Å². The first kappa shape index (κ1) is 17.6. The summed E-state index contributed by atoms with van der Waals surface area (Å²) in [7, 11) is -1.20. The largest absolute Gasteiger partial charge is 0.339 e. The van der Waals surface area contributed by atoms with Crippen molar-refractivity contribution in [2.45, 2.75) is 30.1 Å². The molecule has 8 heteroatoms. The monoisotopic (exact) mass is 353 g/mol. The Hall–Kier alpha value is -1.25. The third-order valence-electron chi connectivity index (χ3n) is 4.86. The normalized spacial score (nSPS) is 23.9. The van der Waals surface area contributed by atoms with E-state index in [1.165, 1.54) is 12.5 Å². The van der Waals surface area contributed by atoms with Crippen molar-refractivity contribution in [3.8, 4) is 0 Å². The van der Waals surface area contributed by atoms with Gasteiger partial charge in [-0.2, -0.15) is 0 Å². The van der Waals surface area contributed by atoms with Gasteiger partial charge in [-0.15, -0.1) is 0 Å². The number of likely N-dealkylation sites (N-methyl/N-ethyl adjacent to an activating group) is 1. The summed E-state index contributed by atoms with van der Waals surface area (Å²) in [5, 5.41) is 3.35. The Bertz CT molecular complexity index is 673. The van der Waals surface area contributed by atoms with Crippen LogP contribution in [0.2, 0.25) is 0 Å². The summed E-state index contributed by atoms with van der Waals surface area (Å²) in [6.07, 6.45) is 5.83. The zero-order valence-corrected chi connectivity index (χ0v) is 15.3. The van der Waals surface area contributed by atoms with Gasteiger partial charge in [0.1, 0.15) is 4.90 Å². The maximum Gasteiger partial charge on any atom is 0.225 e. The fraction of sp³-hybridized carbons (Fsp3) is 0.750. The molecule has 3 rings (SSSR count). The third-order valence-corrected chi connectivity index (χ3v) is 5.97. The summed E-state index contributed by atoms with van der Waals surface area (Å²) in [6.45, 7) is 5.58. The molecule has 0 radical (unpaired) electrons. The Morgan fingerprint density at radius 2 is 2.04 bits per heavy atom. The predicted octanol–water partition coefficient (Wildman–Crippen LogP) is 0.489. The van der Waals surface area contributed by atoms with Crippen LogP contribution >= 0.6 is 0 Å². The van der Waals surface area contributed by atoms with E-state index >= 15 is 0 Å². The summed E-state index contributed by atoms with van der Waals surface area (Å²) in [4.78, 5) is 13.9. The van der Waals surface area contributed by atoms with Gasteiger partial charge in [0.15, 0.2) is 9.84 Å². The van der Waals surface area contributed by atoms with Crippen molar-refractivity contribution in [2.24, 2.45) is 0 Å². The molecule has 7 nitrogen and oxygen atoms in total. The van der Waals surface area contributed by atoms with Gasteiger partial charge in [0, 0.05) is 38.4 Å². The Kier molecular flexibility index (Phi) is 5.36. The van der Waals surface area contributed by atoms with Gasteiger partial charge in [-0.05, 0) is 39.4 Å². The quantitative estimate of drug-likeness (QED) is 0.847. The van der Waals surface area contributed by atoms with Gasteiger partial charge in [-0.3, -0.25) is 0 Å². The average molecular weight is 353 g/mol. The number of anilines is 1. The highest BCUT2D eigenvalue weighted by Gasteiger charge is 2.26. The van der Waals surface area contributed by atoms with Gasteiger partial charge in [0.05, 0.1) is 11.9 Å². The topological polar surface area (TPSA) is 78.4 Å². The van der Waals surface area contributed by atoms with E-state index in [1.807, 2.05) is 0 Å². The molecule has 0 saturated carbocycles. The highest BCUT2D eigenvalue weighted by molar-refractivity contribution is 7.90. The molecule has 2 aliphatic rings. The number of sulfone groups is 1. The maximum atomic E-state index is 12.2. The van der Waals surface area contributed by atoms with Gasteiger partial charge in [-0.25, -0.2) is 18.4 Å². The van der Waals surface area contributed by atoms with Crippen molar-refractivity contribution in [1.29, 1.82) is 0 Å². The van der Waals surface area contributed by atoms with Gasteiger partial charge in [0.25, 0.3) is 0 Å². The summed E-state index contributed by atoms with van der Waals surface area (Å²) in [6, 6.07) is 0. The fourth-order valence-corrected chi connectivity index (χ4v) is 4.27. The number of hydrogen-bond donors (Lipinski definition) is 1. The highest BCUT2D eigenvalue weighted by atomic mass is 32.2. The van der Waals surface area contributed by atoms with Gasteiger partial charge < -0.3 is 15.1 Å². The molecule has 0 spiro atoms. The molecule has 134 valence electrons. The SMILES string of the molecule is CN1CCCN(c2ncc(S(C)(=O)=O)c(C3CCCNC3)n2)CC1. The predicted molar refractivity (Wildman–Crippen MR) is 94.3 cm³/mol. The van der Waals surface area contributed by atoms with Crippen molar-refractivity contribution in [2.75, 3.05) is 57.5 Å². The van der Waals surface area contributed by atoms with Crippen LogP contribution in [0.25, 0.3) is 0 Å². The lowest BCUT2D eigenvalue weighted by Gasteiger charge is -2.26. The van der Waals surface area contributed by atoms with Crippen molar-refractivity contribution in [3.63, 3.8) is 0 Å². The molecule has 2 fully saturated rings. The van der Waals surface area contributed by atoms with Crippen molar-refractivity contribution in [1.82, 2.24) is 20.2 Å². The van der Waals surface area contributed by atoms with Crippen LogP contribution in [0.5, 0.6) is 0 Å². The van der Waals surface area contributed by atoms with Crippen LogP contribution in [-0.2, 0) is 9.84 Å². The second kappa shape index (κ2) is 7.33. The van der Waals surface area contributed by atoms with Crippen LogP contribution in [0.1, 0.15) is 30.9 Å². The van der Waals surface area contributed by atoms with Crippen LogP contribution < -0.4 is 10.2 Å². The van der Waals surface area contributed by atoms with E-state index in [9.17, 15) is 8.42 Å². The first-order valence-corrected chi connectivity index (χ1v) is 10.6. The van der Waals surface area contributed by atoms with E-state index in [4.69, 9.17) is 4.98 Å². The summed E-state index contributed by atoms with van der Waals surface area (Å²) in [5.41, 5.74) is 0.687. The zero-order chi connectivity index (χ0) is 17.2. The Morgan fingerprint density at radius 3 is 2.75 bits per heavy atom. The Labute approximate surface area is 144 Å². The van der Waals surface area contributed by atoms with Crippen LogP contribution in [-0.4, -0.2) is 75.9 Å². The standard InChI is InChI=1S/C16H27N5O2S/c1-20-7-4-8-21(10-9-20)16-18-12-14(24(2,22)23)15(19-16)13-5-3-6-17-11-13/h12-13,17H,3-11H2,1-2H3. The molecule has 0 aromatic carbocycles. The molecule has 2 aliphatic heterocycles. The van der Waals surface area contributed by atoms with E-state index < -0.39 is 9.84 Å². The smallest absolute Gasteiger partial charge is 0.225 e. The molecule has 0 amide bonds. The van der Waals surface area contributed by atoms with E-state index in [-0.39, 0.29) is 10.8 Å². The number of nitrogens with zero attached hydrogens (tertiary/aromatic N) is 4. The molecule has 3 heterocycles. The van der Waals surface area contributed by atoms with Crippen LogP contribution in [0.3, 0.4) is 0 Å². The zero-order valence-electron chi connectivity index (χ0n) is 14.5. The molecule has 0 bridgehead atoms. The number of aromatic nitrogens is 2. The van der Waals surface area contributed by atoms with Crippen molar-refractivity contribution in [3.05, 3.63) is 11.9 Å². The fourth-order valence-electron chi connectivity index (χ4n) is 3.44. The van der Waals surface area contributed by atoms with Crippen LogP contribution in [0, 0.1) is 0 Å². The lowest BCUT2D eigenvalue weighted by molar-refractivity contribution is 0.360. The molecular weight excluding hydrogens is 326 g/mol. The number of rotatable bonds is 3. The second-order valence-corrected chi connectivity index (χ2v) is 8.86. The summed E-state index contributed by atoms with van der Waals surface area (Å²) >= 11 is 0. The lowest BCUT2D eigenvalue weighted by Crippen LogP contribution is -2.32. The molecule has 0 aliphatic carbocycles. The first-order chi connectivity index (χ1) is 11.4. The molecular formula is C16H27N5O2S. The molecule has 1 unspecified atom stereocenters. The minimum absolute atomic E-state index is 0.139. The summed E-state index contributed by atoms with van der Waals surface area (Å²) < 4.78 is 24.3. The molecule has 1 aromatic heterocycles. The minimum Gasteiger partial charge on any atom is -0.339 e. The highest BCUT2D eigenvalue weighted by Crippen LogP contribution is 2.28. The second-order valence-electron chi connectivity index (χ2n) is 6.88. The Morgan fingerprint density at radius 1 is 1.21 bits per heavy atom. The number of nitrogens with one attached hydrogen (secondary N) is 1. The van der Waals surface area contributed by atoms with Gasteiger partial charge in [0.2, 0.25) is 5.95 Å². The summed E-state index contributed by atoms with van der Waals surface area (Å²) in [5.74, 6) is 0.804. The first-order valence-electron chi connectivity index (χ1n) is 8.66. The number of hydrogen-bond acceptors (Lipinski definition) is 7. The maximum absolute atomic E-state index is 12.2. The van der Waals surface area contributed by atoms with E-state index in [0.717, 1.165) is 58.5 Å². The third kappa shape index (κ3) is 4.04. The minimum atomic E-state index is -3.33. The van der Waals surface area contributed by atoms with Gasteiger partial charge in [-0.1, -0.05) is 0 Å². The van der Waals surface area contributed by atoms with Crippen LogP contribution in [0.4, 0.5) is 5.95 Å². The molecule has 1 N–H and O–H groups in total. The lowest BCUT2D eigenvalue weighted by atomic mass is 9.96. The average Bonchev–Trinajstić information content (AvgIpc) is 2.79. The van der Waals surface area contributed by atoms with Crippen LogP contribution in [0.15, 0.2) is 11.1 Å². The molecule has 2 saturated heterocycles. The number of piperidine rings is 1. The van der Waals surface area contributed by atoms with E-state index in [0.29, 0.717) is 11.6 Å². The van der Waals surface area contributed by atoms with E-state index in [2.05, 4.69) is 27.1 Å². The van der Waals surface area contributed by atoms with Crippen molar-refractivity contribution < 1.29 is 8.42 Å². The van der Waals surface area contributed by atoms with Gasteiger partial charge >= 0.3 is 0 Å².